The van der Waals surface area contributed by atoms with Crippen LogP contribution in [0.5, 0.6) is 0 Å². The van der Waals surface area contributed by atoms with Crippen LogP contribution in [0.15, 0.2) is 0 Å². The number of hydrogen-bond acceptors (Lipinski definition) is 2. The zero-order valence-electron chi connectivity index (χ0n) is 16.3. The van der Waals surface area contributed by atoms with Crippen LogP contribution in [0.2, 0.25) is 0 Å². The molecule has 0 aromatic heterocycles. The van der Waals surface area contributed by atoms with E-state index in [9.17, 15) is 10.2 Å². The molecule has 0 amide bonds. The first-order chi connectivity index (χ1) is 10.5. The SMILES string of the molecule is CC(C)(C)C1CCCC(CC2CCCC(C(C)(C)C)C2O)C1O. The highest BCUT2D eigenvalue weighted by molar-refractivity contribution is 4.93. The van der Waals surface area contributed by atoms with Gasteiger partial charge in [-0.15, -0.1) is 0 Å². The average Bonchev–Trinajstić information content (AvgIpc) is 2.40. The molecule has 6 unspecified atom stereocenters. The Morgan fingerprint density at radius 2 is 1.00 bits per heavy atom. The molecule has 136 valence electrons. The fraction of sp³-hybridized carbons (Fsp3) is 1.00. The van der Waals surface area contributed by atoms with Crippen molar-refractivity contribution < 1.29 is 10.2 Å². The lowest BCUT2D eigenvalue weighted by Crippen LogP contribution is -2.45. The average molecular weight is 325 g/mol. The van der Waals surface area contributed by atoms with Crippen molar-refractivity contribution in [3.05, 3.63) is 0 Å². The number of aliphatic hydroxyl groups is 2. The molecule has 0 radical (unpaired) electrons. The maximum Gasteiger partial charge on any atom is 0.0601 e. The van der Waals surface area contributed by atoms with Crippen LogP contribution in [-0.4, -0.2) is 22.4 Å². The smallest absolute Gasteiger partial charge is 0.0601 e. The predicted molar refractivity (Wildman–Crippen MR) is 97.2 cm³/mol. The Bertz CT molecular complexity index is 340. The highest BCUT2D eigenvalue weighted by Gasteiger charge is 2.43. The van der Waals surface area contributed by atoms with E-state index in [1.54, 1.807) is 0 Å². The molecule has 2 aliphatic carbocycles. The third kappa shape index (κ3) is 4.51. The summed E-state index contributed by atoms with van der Waals surface area (Å²) in [5.74, 6) is 1.57. The van der Waals surface area contributed by atoms with Crippen LogP contribution in [-0.2, 0) is 0 Å². The fourth-order valence-electron chi connectivity index (χ4n) is 5.33. The van der Waals surface area contributed by atoms with Gasteiger partial charge in [0.15, 0.2) is 0 Å². The van der Waals surface area contributed by atoms with Gasteiger partial charge in [0.05, 0.1) is 12.2 Å². The second-order valence-corrected chi connectivity index (χ2v) is 10.5. The van der Waals surface area contributed by atoms with Crippen LogP contribution in [0, 0.1) is 34.5 Å². The second kappa shape index (κ2) is 7.04. The third-order valence-corrected chi connectivity index (χ3v) is 6.80. The Morgan fingerprint density at radius 3 is 1.30 bits per heavy atom. The van der Waals surface area contributed by atoms with Gasteiger partial charge in [-0.3, -0.25) is 0 Å². The molecule has 2 fully saturated rings. The molecule has 6 atom stereocenters. The molecule has 2 rings (SSSR count). The van der Waals surface area contributed by atoms with Crippen LogP contribution in [0.3, 0.4) is 0 Å². The van der Waals surface area contributed by atoms with Gasteiger partial charge in [-0.25, -0.2) is 0 Å². The van der Waals surface area contributed by atoms with E-state index >= 15 is 0 Å². The van der Waals surface area contributed by atoms with Gasteiger partial charge in [0.1, 0.15) is 0 Å². The Balaban J connectivity index is 2.03. The molecule has 0 spiro atoms. The van der Waals surface area contributed by atoms with E-state index in [1.165, 1.54) is 12.8 Å². The molecular formula is C21H40O2. The minimum Gasteiger partial charge on any atom is -0.393 e. The zero-order valence-corrected chi connectivity index (χ0v) is 16.3. The molecule has 2 aliphatic rings. The van der Waals surface area contributed by atoms with E-state index in [2.05, 4.69) is 41.5 Å². The van der Waals surface area contributed by atoms with Crippen LogP contribution >= 0.6 is 0 Å². The first kappa shape index (κ1) is 19.2. The molecule has 2 heteroatoms. The molecular weight excluding hydrogens is 284 g/mol. The summed E-state index contributed by atoms with van der Waals surface area (Å²) in [5, 5.41) is 21.9. The standard InChI is InChI=1S/C21H40O2/c1-20(2,3)16-11-7-9-14(18(16)22)13-15-10-8-12-17(19(15)23)21(4,5)6/h14-19,22-23H,7-13H2,1-6H3. The van der Waals surface area contributed by atoms with E-state index < -0.39 is 0 Å². The molecule has 2 saturated carbocycles. The summed E-state index contributed by atoms with van der Waals surface area (Å²) in [4.78, 5) is 0. The van der Waals surface area contributed by atoms with Gasteiger partial charge in [0, 0.05) is 0 Å². The van der Waals surface area contributed by atoms with Crippen molar-refractivity contribution in [1.29, 1.82) is 0 Å². The highest BCUT2D eigenvalue weighted by Crippen LogP contribution is 2.46. The summed E-state index contributed by atoms with van der Waals surface area (Å²) in [7, 11) is 0. The maximum absolute atomic E-state index is 10.9. The molecule has 2 N–H and O–H groups in total. The van der Waals surface area contributed by atoms with Crippen molar-refractivity contribution in [2.45, 2.75) is 98.7 Å². The van der Waals surface area contributed by atoms with Crippen molar-refractivity contribution in [3.8, 4) is 0 Å². The Morgan fingerprint density at radius 1 is 0.652 bits per heavy atom. The Labute approximate surface area is 144 Å². The minimum atomic E-state index is -0.189. The quantitative estimate of drug-likeness (QED) is 0.748. The first-order valence-electron chi connectivity index (χ1n) is 9.88. The lowest BCUT2D eigenvalue weighted by molar-refractivity contribution is -0.0700. The van der Waals surface area contributed by atoms with E-state index in [4.69, 9.17) is 0 Å². The van der Waals surface area contributed by atoms with Crippen LogP contribution in [0.4, 0.5) is 0 Å². The highest BCUT2D eigenvalue weighted by atomic mass is 16.3. The van der Waals surface area contributed by atoms with Gasteiger partial charge in [0.2, 0.25) is 0 Å². The predicted octanol–water partition coefficient (Wildman–Crippen LogP) is 5.02. The fourth-order valence-corrected chi connectivity index (χ4v) is 5.33. The Kier molecular flexibility index (Phi) is 5.89. The summed E-state index contributed by atoms with van der Waals surface area (Å²) < 4.78 is 0. The van der Waals surface area contributed by atoms with Gasteiger partial charge in [-0.2, -0.15) is 0 Å². The van der Waals surface area contributed by atoms with Gasteiger partial charge >= 0.3 is 0 Å². The van der Waals surface area contributed by atoms with Crippen molar-refractivity contribution in [2.75, 3.05) is 0 Å². The maximum atomic E-state index is 10.9. The monoisotopic (exact) mass is 324 g/mol. The molecule has 0 aromatic rings. The van der Waals surface area contributed by atoms with Crippen molar-refractivity contribution >= 4 is 0 Å². The molecule has 2 nitrogen and oxygen atoms in total. The number of aliphatic hydroxyl groups excluding tert-OH is 2. The van der Waals surface area contributed by atoms with Crippen LogP contribution in [0.25, 0.3) is 0 Å². The molecule has 0 bridgehead atoms. The summed E-state index contributed by atoms with van der Waals surface area (Å²) in [6.45, 7) is 13.5. The topological polar surface area (TPSA) is 40.5 Å². The van der Waals surface area contributed by atoms with Crippen LogP contribution < -0.4 is 0 Å². The second-order valence-electron chi connectivity index (χ2n) is 10.5. The summed E-state index contributed by atoms with van der Waals surface area (Å²) >= 11 is 0. The van der Waals surface area contributed by atoms with Crippen molar-refractivity contribution in [3.63, 3.8) is 0 Å². The Hall–Kier alpha value is -0.0800. The minimum absolute atomic E-state index is 0.178. The van der Waals surface area contributed by atoms with Crippen molar-refractivity contribution in [2.24, 2.45) is 34.5 Å². The summed E-state index contributed by atoms with van der Waals surface area (Å²) in [6, 6.07) is 0. The summed E-state index contributed by atoms with van der Waals surface area (Å²) in [5.41, 5.74) is 0.356. The van der Waals surface area contributed by atoms with E-state index in [-0.39, 0.29) is 23.0 Å². The molecule has 0 heterocycles. The zero-order chi connectivity index (χ0) is 17.4. The largest absolute Gasteiger partial charge is 0.393 e. The first-order valence-corrected chi connectivity index (χ1v) is 9.88. The van der Waals surface area contributed by atoms with Crippen molar-refractivity contribution in [1.82, 2.24) is 0 Å². The molecule has 0 saturated heterocycles. The molecule has 0 aliphatic heterocycles. The summed E-state index contributed by atoms with van der Waals surface area (Å²) in [6.07, 6.45) is 7.68. The molecule has 23 heavy (non-hydrogen) atoms. The van der Waals surface area contributed by atoms with Gasteiger partial charge in [-0.1, -0.05) is 54.4 Å². The van der Waals surface area contributed by atoms with Gasteiger partial charge in [0.25, 0.3) is 0 Å². The lowest BCUT2D eigenvalue weighted by atomic mass is 9.62. The van der Waals surface area contributed by atoms with E-state index in [0.29, 0.717) is 23.7 Å². The normalized spacial score (nSPS) is 40.2. The van der Waals surface area contributed by atoms with Gasteiger partial charge < -0.3 is 10.2 Å². The molecule has 0 aromatic carbocycles. The number of hydrogen-bond donors (Lipinski definition) is 2. The number of rotatable bonds is 2. The van der Waals surface area contributed by atoms with Crippen LogP contribution in [0.1, 0.15) is 86.5 Å². The third-order valence-electron chi connectivity index (χ3n) is 6.80. The van der Waals surface area contributed by atoms with E-state index in [0.717, 1.165) is 32.1 Å². The van der Waals surface area contributed by atoms with Gasteiger partial charge in [-0.05, 0) is 66.6 Å². The lowest BCUT2D eigenvalue weighted by Gasteiger charge is -2.46. The van der Waals surface area contributed by atoms with E-state index in [1.807, 2.05) is 0 Å².